The molecule has 1 saturated heterocycles. The van der Waals surface area contributed by atoms with Crippen LogP contribution in [0.5, 0.6) is 0 Å². The highest BCUT2D eigenvalue weighted by molar-refractivity contribution is 5.94. The summed E-state index contributed by atoms with van der Waals surface area (Å²) in [5.41, 5.74) is 1.54. The van der Waals surface area contributed by atoms with E-state index < -0.39 is 0 Å². The number of benzene rings is 1. The fourth-order valence-electron chi connectivity index (χ4n) is 3.93. The molecule has 0 radical (unpaired) electrons. The molecule has 0 bridgehead atoms. The predicted molar refractivity (Wildman–Crippen MR) is 95.5 cm³/mol. The van der Waals surface area contributed by atoms with Crippen LogP contribution in [0, 0.1) is 0 Å². The molecule has 1 aromatic carbocycles. The highest BCUT2D eigenvalue weighted by Gasteiger charge is 2.37. The molecular weight excluding hydrogens is 316 g/mol. The number of amides is 1. The van der Waals surface area contributed by atoms with Gasteiger partial charge in [-0.1, -0.05) is 43.2 Å². The van der Waals surface area contributed by atoms with Gasteiger partial charge in [0.1, 0.15) is 5.56 Å². The molecule has 4 rings (SSSR count). The lowest BCUT2D eigenvalue weighted by Gasteiger charge is -2.43. The highest BCUT2D eigenvalue weighted by Crippen LogP contribution is 2.29. The zero-order valence-electron chi connectivity index (χ0n) is 14.1. The Labute approximate surface area is 146 Å². The minimum Gasteiger partial charge on any atom is -0.374 e. The van der Waals surface area contributed by atoms with E-state index in [1.54, 1.807) is 6.07 Å². The van der Waals surface area contributed by atoms with Crippen molar-refractivity contribution in [2.24, 2.45) is 0 Å². The van der Waals surface area contributed by atoms with Crippen molar-refractivity contribution in [3.8, 4) is 11.3 Å². The van der Waals surface area contributed by atoms with Crippen LogP contribution >= 0.6 is 0 Å². The van der Waals surface area contributed by atoms with Crippen LogP contribution in [0.15, 0.2) is 47.3 Å². The van der Waals surface area contributed by atoms with E-state index in [4.69, 9.17) is 4.74 Å². The first kappa shape index (κ1) is 16.1. The van der Waals surface area contributed by atoms with Crippen LogP contribution in [-0.4, -0.2) is 41.1 Å². The van der Waals surface area contributed by atoms with Gasteiger partial charge < -0.3 is 14.6 Å². The van der Waals surface area contributed by atoms with Gasteiger partial charge in [-0.05, 0) is 30.5 Å². The number of carbonyl (C=O) groups is 1. The van der Waals surface area contributed by atoms with Crippen molar-refractivity contribution in [3.05, 3.63) is 58.4 Å². The molecular formula is C20H22N2O3. The second-order valence-electron chi connectivity index (χ2n) is 6.74. The third-order valence-corrected chi connectivity index (χ3v) is 5.22. The fraction of sp³-hybridized carbons (Fsp3) is 0.400. The predicted octanol–water partition coefficient (Wildman–Crippen LogP) is 2.83. The zero-order chi connectivity index (χ0) is 17.2. The molecule has 5 nitrogen and oxygen atoms in total. The number of H-pyrrole nitrogens is 1. The summed E-state index contributed by atoms with van der Waals surface area (Å²) in [6, 6.07) is 13.2. The van der Waals surface area contributed by atoms with Crippen molar-refractivity contribution >= 4 is 5.91 Å². The molecule has 2 fully saturated rings. The monoisotopic (exact) mass is 338 g/mol. The smallest absolute Gasteiger partial charge is 0.261 e. The molecule has 1 aliphatic carbocycles. The molecule has 130 valence electrons. The van der Waals surface area contributed by atoms with Gasteiger partial charge in [-0.2, -0.15) is 0 Å². The average Bonchev–Trinajstić information content (AvgIpc) is 2.67. The first-order chi connectivity index (χ1) is 12.2. The van der Waals surface area contributed by atoms with Crippen molar-refractivity contribution < 1.29 is 9.53 Å². The zero-order valence-corrected chi connectivity index (χ0v) is 14.1. The van der Waals surface area contributed by atoms with Crippen molar-refractivity contribution in [3.63, 3.8) is 0 Å². The van der Waals surface area contributed by atoms with E-state index in [0.29, 0.717) is 13.2 Å². The molecule has 1 aliphatic heterocycles. The Kier molecular flexibility index (Phi) is 4.40. The molecule has 5 heteroatoms. The van der Waals surface area contributed by atoms with Gasteiger partial charge in [-0.3, -0.25) is 9.59 Å². The molecule has 1 N–H and O–H groups in total. The molecule has 1 saturated carbocycles. The van der Waals surface area contributed by atoms with Gasteiger partial charge in [-0.15, -0.1) is 0 Å². The number of nitrogens with one attached hydrogen (secondary N) is 1. The maximum absolute atomic E-state index is 13.0. The summed E-state index contributed by atoms with van der Waals surface area (Å²) in [5, 5.41) is 0. The highest BCUT2D eigenvalue weighted by atomic mass is 16.5. The standard InChI is InChI=1S/C20H22N2O3/c23-19-15(10-11-16(21-19)14-6-2-1-3-7-14)20(24)22-12-13-25-18-9-5-4-8-17(18)22/h1-3,6-7,10-11,17-18H,4-5,8-9,12-13H2,(H,21,23)/t17-,18-/m0/s1. The van der Waals surface area contributed by atoms with Crippen molar-refractivity contribution in [1.82, 2.24) is 9.88 Å². The second-order valence-corrected chi connectivity index (χ2v) is 6.74. The average molecular weight is 338 g/mol. The maximum atomic E-state index is 13.0. The van der Waals surface area contributed by atoms with E-state index in [1.807, 2.05) is 41.3 Å². The summed E-state index contributed by atoms with van der Waals surface area (Å²) in [5.74, 6) is -0.180. The Morgan fingerprint density at radius 1 is 1.08 bits per heavy atom. The Morgan fingerprint density at radius 2 is 1.88 bits per heavy atom. The summed E-state index contributed by atoms with van der Waals surface area (Å²) in [6.45, 7) is 1.10. The van der Waals surface area contributed by atoms with Crippen molar-refractivity contribution in [2.75, 3.05) is 13.2 Å². The van der Waals surface area contributed by atoms with E-state index in [0.717, 1.165) is 36.9 Å². The lowest BCUT2D eigenvalue weighted by Crippen LogP contribution is -2.55. The van der Waals surface area contributed by atoms with E-state index in [9.17, 15) is 9.59 Å². The molecule has 2 aliphatic rings. The van der Waals surface area contributed by atoms with Crippen LogP contribution in [0.2, 0.25) is 0 Å². The normalized spacial score (nSPS) is 23.1. The Bertz CT molecular complexity index is 813. The van der Waals surface area contributed by atoms with E-state index in [1.165, 1.54) is 0 Å². The van der Waals surface area contributed by atoms with Gasteiger partial charge in [0.05, 0.1) is 18.8 Å². The van der Waals surface area contributed by atoms with Gasteiger partial charge in [0.15, 0.2) is 0 Å². The number of aromatic nitrogens is 1. The number of aromatic amines is 1. The lowest BCUT2D eigenvalue weighted by molar-refractivity contribution is -0.0753. The summed E-state index contributed by atoms with van der Waals surface area (Å²) >= 11 is 0. The van der Waals surface area contributed by atoms with Gasteiger partial charge in [0.2, 0.25) is 0 Å². The largest absolute Gasteiger partial charge is 0.374 e. The summed E-state index contributed by atoms with van der Waals surface area (Å²) in [7, 11) is 0. The minimum atomic E-state index is -0.329. The number of morpholine rings is 1. The second kappa shape index (κ2) is 6.84. The number of hydrogen-bond donors (Lipinski definition) is 1. The van der Waals surface area contributed by atoms with Gasteiger partial charge in [0, 0.05) is 12.2 Å². The lowest BCUT2D eigenvalue weighted by atomic mass is 9.90. The van der Waals surface area contributed by atoms with E-state index >= 15 is 0 Å². The molecule has 2 heterocycles. The van der Waals surface area contributed by atoms with E-state index in [-0.39, 0.29) is 29.2 Å². The topological polar surface area (TPSA) is 62.4 Å². The van der Waals surface area contributed by atoms with Gasteiger partial charge in [-0.25, -0.2) is 0 Å². The van der Waals surface area contributed by atoms with Crippen molar-refractivity contribution in [2.45, 2.75) is 37.8 Å². The molecule has 0 spiro atoms. The molecule has 25 heavy (non-hydrogen) atoms. The first-order valence-electron chi connectivity index (χ1n) is 8.95. The minimum absolute atomic E-state index is 0.100. The van der Waals surface area contributed by atoms with Gasteiger partial charge in [0.25, 0.3) is 11.5 Å². The molecule has 2 aromatic rings. The maximum Gasteiger partial charge on any atom is 0.261 e. The molecule has 1 aromatic heterocycles. The molecule has 1 amide bonds. The molecule has 2 atom stereocenters. The number of fused-ring (bicyclic) bond motifs is 1. The third-order valence-electron chi connectivity index (χ3n) is 5.22. The van der Waals surface area contributed by atoms with Gasteiger partial charge >= 0.3 is 0 Å². The molecule has 0 unspecified atom stereocenters. The summed E-state index contributed by atoms with van der Waals surface area (Å²) in [6.07, 6.45) is 4.33. The van der Waals surface area contributed by atoms with Crippen LogP contribution < -0.4 is 5.56 Å². The van der Waals surface area contributed by atoms with E-state index in [2.05, 4.69) is 4.98 Å². The van der Waals surface area contributed by atoms with Crippen LogP contribution in [0.4, 0.5) is 0 Å². The number of ether oxygens (including phenoxy) is 1. The van der Waals surface area contributed by atoms with Crippen LogP contribution in [0.1, 0.15) is 36.0 Å². The Balaban J connectivity index is 1.61. The van der Waals surface area contributed by atoms with Crippen LogP contribution in [0.3, 0.4) is 0 Å². The number of pyridine rings is 1. The van der Waals surface area contributed by atoms with Crippen LogP contribution in [0.25, 0.3) is 11.3 Å². The number of hydrogen-bond acceptors (Lipinski definition) is 3. The Hall–Kier alpha value is -2.40. The van der Waals surface area contributed by atoms with Crippen LogP contribution in [-0.2, 0) is 4.74 Å². The quantitative estimate of drug-likeness (QED) is 0.916. The third kappa shape index (κ3) is 3.12. The summed E-state index contributed by atoms with van der Waals surface area (Å²) in [4.78, 5) is 30.2. The Morgan fingerprint density at radius 3 is 2.68 bits per heavy atom. The first-order valence-corrected chi connectivity index (χ1v) is 8.95. The number of rotatable bonds is 2. The fourth-order valence-corrected chi connectivity index (χ4v) is 3.93. The summed E-state index contributed by atoms with van der Waals surface area (Å²) < 4.78 is 5.83. The number of nitrogens with zero attached hydrogens (tertiary/aromatic N) is 1. The number of carbonyl (C=O) groups excluding carboxylic acids is 1. The SMILES string of the molecule is O=C(c1ccc(-c2ccccc2)[nH]c1=O)N1CCO[C@H]2CCCC[C@@H]21. The van der Waals surface area contributed by atoms with Crippen molar-refractivity contribution in [1.29, 1.82) is 0 Å².